The van der Waals surface area contributed by atoms with Crippen LogP contribution in [0.3, 0.4) is 0 Å². The first-order valence-electron chi connectivity index (χ1n) is 9.80. The van der Waals surface area contributed by atoms with Gasteiger partial charge in [-0.05, 0) is 62.8 Å². The van der Waals surface area contributed by atoms with Crippen molar-refractivity contribution in [3.05, 3.63) is 47.0 Å². The summed E-state index contributed by atoms with van der Waals surface area (Å²) in [6.07, 6.45) is 10.1. The van der Waals surface area contributed by atoms with Crippen molar-refractivity contribution >= 4 is 23.7 Å². The molecule has 2 heteroatoms. The Bertz CT molecular complexity index is 609. The maximum Gasteiger partial charge on any atom is 0.150 e. The van der Waals surface area contributed by atoms with Gasteiger partial charge in [0.2, 0.25) is 0 Å². The van der Waals surface area contributed by atoms with Gasteiger partial charge in [-0.25, -0.2) is 0 Å². The lowest BCUT2D eigenvalue weighted by molar-refractivity contribution is -0.106. The standard InChI is InChI=1S/C22H32O.C2H4O/c1-6-8-9-10-11-12-19(7-2)22(16-23)21-15-20(17(3)4)14-13-18(21)5;1-2-3/h13-16H,3,6-12H2,1-2,4-5H3;2H,1H3/b22-19-;. The predicted octanol–water partition coefficient (Wildman–Crippen LogP) is 6.96. The molecule has 0 N–H and O–H groups in total. The Morgan fingerprint density at radius 3 is 2.19 bits per heavy atom. The molecule has 0 saturated heterocycles. The van der Waals surface area contributed by atoms with Gasteiger partial charge in [-0.3, -0.25) is 4.79 Å². The van der Waals surface area contributed by atoms with Gasteiger partial charge >= 0.3 is 0 Å². The van der Waals surface area contributed by atoms with E-state index in [2.05, 4.69) is 45.5 Å². The molecule has 26 heavy (non-hydrogen) atoms. The Balaban J connectivity index is 0.00000194. The molecule has 0 unspecified atom stereocenters. The molecular formula is C24H36O2. The fourth-order valence-electron chi connectivity index (χ4n) is 2.96. The van der Waals surface area contributed by atoms with Gasteiger partial charge in [0.25, 0.3) is 0 Å². The second-order valence-corrected chi connectivity index (χ2v) is 6.70. The number of aldehydes is 2. The van der Waals surface area contributed by atoms with Crippen molar-refractivity contribution < 1.29 is 9.59 Å². The van der Waals surface area contributed by atoms with Crippen molar-refractivity contribution in [3.8, 4) is 0 Å². The normalized spacial score (nSPS) is 11.1. The van der Waals surface area contributed by atoms with E-state index in [-0.39, 0.29) is 0 Å². The molecule has 0 fully saturated rings. The van der Waals surface area contributed by atoms with Crippen LogP contribution in [-0.2, 0) is 9.59 Å². The van der Waals surface area contributed by atoms with E-state index >= 15 is 0 Å². The zero-order chi connectivity index (χ0) is 19.9. The number of carbonyl (C=O) groups excluding carboxylic acids is 2. The summed E-state index contributed by atoms with van der Waals surface area (Å²) in [4.78, 5) is 20.6. The fraction of sp³-hybridized carbons (Fsp3) is 0.500. The minimum absolute atomic E-state index is 0.750. The molecule has 0 radical (unpaired) electrons. The van der Waals surface area contributed by atoms with E-state index in [1.807, 2.05) is 6.92 Å². The Kier molecular flexibility index (Phi) is 13.2. The van der Waals surface area contributed by atoms with Crippen LogP contribution < -0.4 is 0 Å². The summed E-state index contributed by atoms with van der Waals surface area (Å²) in [5.74, 6) is 0. The molecule has 0 atom stereocenters. The van der Waals surface area contributed by atoms with Gasteiger partial charge in [0, 0.05) is 5.57 Å². The van der Waals surface area contributed by atoms with E-state index in [1.54, 1.807) is 0 Å². The van der Waals surface area contributed by atoms with Crippen molar-refractivity contribution in [3.63, 3.8) is 0 Å². The summed E-state index contributed by atoms with van der Waals surface area (Å²) in [6, 6.07) is 6.30. The molecule has 144 valence electrons. The largest absolute Gasteiger partial charge is 0.304 e. The highest BCUT2D eigenvalue weighted by Gasteiger charge is 2.11. The second-order valence-electron chi connectivity index (χ2n) is 6.70. The average Bonchev–Trinajstić information content (AvgIpc) is 2.62. The van der Waals surface area contributed by atoms with Crippen molar-refractivity contribution in [2.45, 2.75) is 79.6 Å². The number of carbonyl (C=O) groups is 2. The van der Waals surface area contributed by atoms with Gasteiger partial charge in [0.15, 0.2) is 6.29 Å². The third-order valence-electron chi connectivity index (χ3n) is 4.53. The first-order valence-corrected chi connectivity index (χ1v) is 9.80. The zero-order valence-corrected chi connectivity index (χ0v) is 17.4. The van der Waals surface area contributed by atoms with E-state index < -0.39 is 0 Å². The van der Waals surface area contributed by atoms with Crippen molar-refractivity contribution in [1.29, 1.82) is 0 Å². The fourth-order valence-corrected chi connectivity index (χ4v) is 2.96. The van der Waals surface area contributed by atoms with Crippen molar-refractivity contribution in [1.82, 2.24) is 0 Å². The van der Waals surface area contributed by atoms with Gasteiger partial charge in [-0.1, -0.05) is 69.4 Å². The lowest BCUT2D eigenvalue weighted by Gasteiger charge is -2.14. The van der Waals surface area contributed by atoms with E-state index in [4.69, 9.17) is 4.79 Å². The van der Waals surface area contributed by atoms with Crippen LogP contribution in [0.2, 0.25) is 0 Å². The van der Waals surface area contributed by atoms with Gasteiger partial charge in [-0.15, -0.1) is 0 Å². The quantitative estimate of drug-likeness (QED) is 0.258. The van der Waals surface area contributed by atoms with Crippen LogP contribution in [0.4, 0.5) is 0 Å². The molecular weight excluding hydrogens is 320 g/mol. The van der Waals surface area contributed by atoms with Crippen LogP contribution in [-0.4, -0.2) is 12.6 Å². The summed E-state index contributed by atoms with van der Waals surface area (Å²) in [5.41, 5.74) is 6.57. The molecule has 1 rings (SSSR count). The van der Waals surface area contributed by atoms with Crippen LogP contribution in [0.15, 0.2) is 30.4 Å². The van der Waals surface area contributed by atoms with Gasteiger partial charge in [-0.2, -0.15) is 0 Å². The van der Waals surface area contributed by atoms with Crippen LogP contribution in [0, 0.1) is 6.92 Å². The van der Waals surface area contributed by atoms with Gasteiger partial charge in [0.1, 0.15) is 6.29 Å². The van der Waals surface area contributed by atoms with Crippen molar-refractivity contribution in [2.24, 2.45) is 0 Å². The lowest BCUT2D eigenvalue weighted by atomic mass is 9.90. The van der Waals surface area contributed by atoms with E-state index in [9.17, 15) is 4.79 Å². The molecule has 0 aliphatic heterocycles. The third-order valence-corrected chi connectivity index (χ3v) is 4.53. The first-order chi connectivity index (χ1) is 12.5. The van der Waals surface area contributed by atoms with E-state index in [1.165, 1.54) is 44.6 Å². The highest BCUT2D eigenvalue weighted by atomic mass is 16.1. The number of benzene rings is 1. The number of hydrogen-bond donors (Lipinski definition) is 0. The summed E-state index contributed by atoms with van der Waals surface area (Å²) in [7, 11) is 0. The summed E-state index contributed by atoms with van der Waals surface area (Å²) in [6.45, 7) is 13.9. The predicted molar refractivity (Wildman–Crippen MR) is 114 cm³/mol. The molecule has 0 aliphatic rings. The molecule has 1 aromatic rings. The maximum atomic E-state index is 11.8. The van der Waals surface area contributed by atoms with Crippen LogP contribution in [0.25, 0.3) is 11.1 Å². The van der Waals surface area contributed by atoms with Crippen molar-refractivity contribution in [2.75, 3.05) is 0 Å². The molecule has 0 saturated carbocycles. The van der Waals surface area contributed by atoms with Crippen LogP contribution in [0.5, 0.6) is 0 Å². The third kappa shape index (κ3) is 8.42. The summed E-state index contributed by atoms with van der Waals surface area (Å²) < 4.78 is 0. The smallest absolute Gasteiger partial charge is 0.150 e. The molecule has 0 aromatic heterocycles. The number of allylic oxidation sites excluding steroid dienone is 3. The van der Waals surface area contributed by atoms with Crippen LogP contribution in [0.1, 0.15) is 89.3 Å². The summed E-state index contributed by atoms with van der Waals surface area (Å²) in [5, 5.41) is 0. The minimum Gasteiger partial charge on any atom is -0.304 e. The van der Waals surface area contributed by atoms with E-state index in [0.717, 1.165) is 53.3 Å². The second kappa shape index (κ2) is 14.2. The highest BCUT2D eigenvalue weighted by Crippen LogP contribution is 2.28. The number of rotatable bonds is 10. The number of aryl methyl sites for hydroxylation is 1. The minimum atomic E-state index is 0.750. The Morgan fingerprint density at radius 2 is 1.69 bits per heavy atom. The molecule has 0 heterocycles. The Labute approximate surface area is 160 Å². The molecule has 0 aliphatic carbocycles. The average molecular weight is 357 g/mol. The summed E-state index contributed by atoms with van der Waals surface area (Å²) >= 11 is 0. The maximum absolute atomic E-state index is 11.8. The van der Waals surface area contributed by atoms with Crippen LogP contribution >= 0.6 is 0 Å². The topological polar surface area (TPSA) is 34.1 Å². The zero-order valence-electron chi connectivity index (χ0n) is 17.4. The molecule has 0 spiro atoms. The highest BCUT2D eigenvalue weighted by molar-refractivity contribution is 6.09. The van der Waals surface area contributed by atoms with Gasteiger partial charge < -0.3 is 4.79 Å². The molecule has 1 aromatic carbocycles. The number of hydrogen-bond acceptors (Lipinski definition) is 2. The monoisotopic (exact) mass is 356 g/mol. The molecule has 0 bridgehead atoms. The Morgan fingerprint density at radius 1 is 1.08 bits per heavy atom. The SMILES string of the molecule is C=C(C)c1ccc(C)c(/C(C=O)=C(/CC)CCCCCCC)c1.CC=O. The lowest BCUT2D eigenvalue weighted by Crippen LogP contribution is -1.98. The first kappa shape index (κ1) is 24.0. The van der Waals surface area contributed by atoms with Gasteiger partial charge in [0.05, 0.1) is 0 Å². The molecule has 0 amide bonds. The van der Waals surface area contributed by atoms with E-state index in [0.29, 0.717) is 0 Å². The molecule has 2 nitrogen and oxygen atoms in total. The number of unbranched alkanes of at least 4 members (excludes halogenated alkanes) is 4. The Hall–Kier alpha value is -1.96.